The molecule has 1 N–H and O–H groups in total. The van der Waals surface area contributed by atoms with Crippen molar-refractivity contribution in [1.29, 1.82) is 0 Å². The molecule has 1 rings (SSSR count). The summed E-state index contributed by atoms with van der Waals surface area (Å²) in [5.74, 6) is -0.0936. The number of halogens is 1. The summed E-state index contributed by atoms with van der Waals surface area (Å²) < 4.78 is 5.47. The van der Waals surface area contributed by atoms with Crippen LogP contribution in [0.2, 0.25) is 0 Å². The van der Waals surface area contributed by atoms with Crippen LogP contribution in [0.3, 0.4) is 0 Å². The molecule has 0 spiro atoms. The van der Waals surface area contributed by atoms with Crippen molar-refractivity contribution in [1.82, 2.24) is 5.32 Å². The average Bonchev–Trinajstić information content (AvgIpc) is 2.64. The van der Waals surface area contributed by atoms with Crippen LogP contribution in [0.4, 0.5) is 0 Å². The van der Waals surface area contributed by atoms with E-state index in [9.17, 15) is 4.79 Å². The van der Waals surface area contributed by atoms with Crippen molar-refractivity contribution in [2.45, 2.75) is 18.6 Å². The maximum Gasteiger partial charge on any atom is 0.255 e. The summed E-state index contributed by atoms with van der Waals surface area (Å²) in [6.45, 7) is 2.84. The van der Waals surface area contributed by atoms with Crippen molar-refractivity contribution < 1.29 is 9.21 Å². The molecule has 1 amide bonds. The summed E-state index contributed by atoms with van der Waals surface area (Å²) in [6.07, 6.45) is 4.53. The van der Waals surface area contributed by atoms with Gasteiger partial charge in [-0.2, -0.15) is 11.8 Å². The molecule has 0 radical (unpaired) electrons. The van der Waals surface area contributed by atoms with Crippen molar-refractivity contribution >= 4 is 33.6 Å². The Hall–Kier alpha value is -0.420. The quantitative estimate of drug-likeness (QED) is 0.907. The van der Waals surface area contributed by atoms with E-state index >= 15 is 0 Å². The van der Waals surface area contributed by atoms with E-state index < -0.39 is 0 Å². The fraction of sp³-hybridized carbons (Fsp3) is 0.500. The van der Waals surface area contributed by atoms with Gasteiger partial charge in [0.15, 0.2) is 4.67 Å². The first-order valence-corrected chi connectivity index (χ1v) is 6.77. The van der Waals surface area contributed by atoms with Gasteiger partial charge >= 0.3 is 0 Å². The van der Waals surface area contributed by atoms with E-state index in [4.69, 9.17) is 4.42 Å². The van der Waals surface area contributed by atoms with Gasteiger partial charge < -0.3 is 9.73 Å². The van der Waals surface area contributed by atoms with Crippen molar-refractivity contribution in [2.75, 3.05) is 12.8 Å². The SMILES string of the molecule is CSC(C)CCNC(=O)c1ccoc1Br. The van der Waals surface area contributed by atoms with E-state index in [0.29, 0.717) is 22.0 Å². The molecule has 3 nitrogen and oxygen atoms in total. The Morgan fingerprint density at radius 1 is 1.73 bits per heavy atom. The van der Waals surface area contributed by atoms with Gasteiger partial charge in [-0.1, -0.05) is 6.92 Å². The van der Waals surface area contributed by atoms with Crippen LogP contribution >= 0.6 is 27.7 Å². The van der Waals surface area contributed by atoms with Gasteiger partial charge in [0.25, 0.3) is 5.91 Å². The number of amides is 1. The number of thioether (sulfide) groups is 1. The van der Waals surface area contributed by atoms with E-state index in [-0.39, 0.29) is 5.91 Å². The number of carbonyl (C=O) groups excluding carboxylic acids is 1. The Morgan fingerprint density at radius 2 is 2.47 bits per heavy atom. The summed E-state index contributed by atoms with van der Waals surface area (Å²) in [5.41, 5.74) is 0.548. The molecule has 1 aromatic rings. The van der Waals surface area contributed by atoms with Crippen LogP contribution in [0.25, 0.3) is 0 Å². The Morgan fingerprint density at radius 3 is 3.00 bits per heavy atom. The molecule has 1 heterocycles. The second kappa shape index (κ2) is 6.23. The van der Waals surface area contributed by atoms with Crippen molar-refractivity contribution in [3.8, 4) is 0 Å². The van der Waals surface area contributed by atoms with E-state index in [1.807, 2.05) is 0 Å². The molecule has 84 valence electrons. The number of furan rings is 1. The van der Waals surface area contributed by atoms with Crippen LogP contribution in [0.15, 0.2) is 21.4 Å². The third kappa shape index (κ3) is 3.91. The highest BCUT2D eigenvalue weighted by Gasteiger charge is 2.11. The standard InChI is InChI=1S/C10H14BrNO2S/c1-7(15-2)3-5-12-10(13)8-4-6-14-9(8)11/h4,6-7H,3,5H2,1-2H3,(H,12,13). The molecule has 0 aliphatic heterocycles. The van der Waals surface area contributed by atoms with Crippen LogP contribution < -0.4 is 5.32 Å². The van der Waals surface area contributed by atoms with E-state index in [1.54, 1.807) is 17.8 Å². The smallest absolute Gasteiger partial charge is 0.255 e. The zero-order valence-corrected chi connectivity index (χ0v) is 11.2. The predicted octanol–water partition coefficient (Wildman–Crippen LogP) is 2.91. The Bertz CT molecular complexity index is 327. The highest BCUT2D eigenvalue weighted by molar-refractivity contribution is 9.10. The second-order valence-corrected chi connectivity index (χ2v) is 5.20. The first-order valence-electron chi connectivity index (χ1n) is 4.69. The molecule has 0 aromatic carbocycles. The molecule has 0 fully saturated rings. The lowest BCUT2D eigenvalue weighted by molar-refractivity contribution is 0.0951. The number of hydrogen-bond donors (Lipinski definition) is 1. The summed E-state index contributed by atoms with van der Waals surface area (Å²) in [5, 5.41) is 3.42. The molecule has 1 atom stereocenters. The maximum absolute atomic E-state index is 11.6. The van der Waals surface area contributed by atoms with Gasteiger partial charge in [0, 0.05) is 11.8 Å². The summed E-state index contributed by atoms with van der Waals surface area (Å²) in [6, 6.07) is 1.65. The van der Waals surface area contributed by atoms with Gasteiger partial charge in [-0.3, -0.25) is 4.79 Å². The predicted molar refractivity (Wildman–Crippen MR) is 66.3 cm³/mol. The van der Waals surface area contributed by atoms with Crippen molar-refractivity contribution in [3.05, 3.63) is 22.6 Å². The van der Waals surface area contributed by atoms with Crippen LogP contribution in [0.5, 0.6) is 0 Å². The van der Waals surface area contributed by atoms with Crippen LogP contribution in [0, 0.1) is 0 Å². The first-order chi connectivity index (χ1) is 7.15. The average molecular weight is 292 g/mol. The number of carbonyl (C=O) groups is 1. The second-order valence-electron chi connectivity index (χ2n) is 3.20. The highest BCUT2D eigenvalue weighted by Crippen LogP contribution is 2.17. The van der Waals surface area contributed by atoms with Gasteiger partial charge in [-0.05, 0) is 34.7 Å². The van der Waals surface area contributed by atoms with Crippen LogP contribution in [0.1, 0.15) is 23.7 Å². The van der Waals surface area contributed by atoms with Gasteiger partial charge in [-0.25, -0.2) is 0 Å². The lowest BCUT2D eigenvalue weighted by Gasteiger charge is -2.08. The Balaban J connectivity index is 2.34. The molecule has 0 saturated carbocycles. The third-order valence-corrected chi connectivity index (χ3v) is 3.76. The van der Waals surface area contributed by atoms with Gasteiger partial charge in [0.1, 0.15) is 0 Å². The van der Waals surface area contributed by atoms with Gasteiger partial charge in [0.2, 0.25) is 0 Å². The molecule has 0 saturated heterocycles. The first kappa shape index (κ1) is 12.6. The van der Waals surface area contributed by atoms with Crippen molar-refractivity contribution in [2.24, 2.45) is 0 Å². The number of rotatable bonds is 5. The van der Waals surface area contributed by atoms with Crippen LogP contribution in [-0.2, 0) is 0 Å². The molecule has 5 heteroatoms. The normalized spacial score (nSPS) is 12.5. The van der Waals surface area contributed by atoms with Gasteiger partial charge in [-0.15, -0.1) is 0 Å². The van der Waals surface area contributed by atoms with Crippen molar-refractivity contribution in [3.63, 3.8) is 0 Å². The zero-order valence-electron chi connectivity index (χ0n) is 8.75. The van der Waals surface area contributed by atoms with E-state index in [0.717, 1.165) is 6.42 Å². The molecule has 0 aliphatic carbocycles. The summed E-state index contributed by atoms with van der Waals surface area (Å²) >= 11 is 4.97. The minimum absolute atomic E-state index is 0.0936. The summed E-state index contributed by atoms with van der Waals surface area (Å²) in [7, 11) is 0. The minimum atomic E-state index is -0.0936. The fourth-order valence-electron chi connectivity index (χ4n) is 1.06. The van der Waals surface area contributed by atoms with E-state index in [2.05, 4.69) is 34.4 Å². The number of hydrogen-bond acceptors (Lipinski definition) is 3. The Labute approximate surface area is 102 Å². The van der Waals surface area contributed by atoms with Crippen LogP contribution in [-0.4, -0.2) is 24.0 Å². The molecular weight excluding hydrogens is 278 g/mol. The highest BCUT2D eigenvalue weighted by atomic mass is 79.9. The fourth-order valence-corrected chi connectivity index (χ4v) is 1.83. The largest absolute Gasteiger partial charge is 0.457 e. The van der Waals surface area contributed by atoms with E-state index in [1.165, 1.54) is 6.26 Å². The maximum atomic E-state index is 11.6. The molecule has 0 bridgehead atoms. The Kier molecular flexibility index (Phi) is 5.25. The number of nitrogens with one attached hydrogen (secondary N) is 1. The molecule has 15 heavy (non-hydrogen) atoms. The minimum Gasteiger partial charge on any atom is -0.457 e. The molecule has 1 aromatic heterocycles. The zero-order chi connectivity index (χ0) is 11.3. The molecular formula is C10H14BrNO2S. The monoisotopic (exact) mass is 291 g/mol. The van der Waals surface area contributed by atoms with Gasteiger partial charge in [0.05, 0.1) is 11.8 Å². The summed E-state index contributed by atoms with van der Waals surface area (Å²) in [4.78, 5) is 11.6. The molecule has 0 aliphatic rings. The lowest BCUT2D eigenvalue weighted by Crippen LogP contribution is -2.25. The third-order valence-electron chi connectivity index (χ3n) is 2.10. The lowest BCUT2D eigenvalue weighted by atomic mass is 10.3. The molecule has 1 unspecified atom stereocenters. The topological polar surface area (TPSA) is 42.2 Å².